The fourth-order valence-electron chi connectivity index (χ4n) is 1.34. The topological polar surface area (TPSA) is 36.9 Å². The van der Waals surface area contributed by atoms with Crippen molar-refractivity contribution in [2.24, 2.45) is 0 Å². The van der Waals surface area contributed by atoms with Gasteiger partial charge in [-0.05, 0) is 34.6 Å². The Kier molecular flexibility index (Phi) is 6.62. The van der Waals surface area contributed by atoms with Gasteiger partial charge in [-0.1, -0.05) is 0 Å². The Labute approximate surface area is 95.8 Å². The first-order chi connectivity index (χ1) is 6.99. The predicted molar refractivity (Wildman–Crippen MR) is 62.7 cm³/mol. The Morgan fingerprint density at radius 1 is 0.867 bits per heavy atom. The molecular formula is C10H24O4Si. The summed E-state index contributed by atoms with van der Waals surface area (Å²) in [6.45, 7) is 11.1. The standard InChI is InChI=1S/C10H24O4Si/c1-6-11-10(12-7-2,13-8-3)9(4,5)14-15/h6-8H2,1-5,15H3. The third kappa shape index (κ3) is 3.53. The van der Waals surface area contributed by atoms with Crippen LogP contribution in [0.3, 0.4) is 0 Å². The first-order valence-corrected chi connectivity index (χ1v) is 6.28. The normalized spacial score (nSPS) is 13.4. The van der Waals surface area contributed by atoms with Crippen LogP contribution in [0.1, 0.15) is 34.6 Å². The summed E-state index contributed by atoms with van der Waals surface area (Å²) in [5.41, 5.74) is -0.596. The van der Waals surface area contributed by atoms with Crippen LogP contribution in [0.2, 0.25) is 0 Å². The first-order valence-electron chi connectivity index (χ1n) is 5.46. The van der Waals surface area contributed by atoms with Crippen LogP contribution in [-0.2, 0) is 18.6 Å². The molecule has 0 radical (unpaired) electrons. The Bertz CT molecular complexity index is 156. The van der Waals surface area contributed by atoms with E-state index >= 15 is 0 Å². The van der Waals surface area contributed by atoms with Crippen molar-refractivity contribution in [2.45, 2.75) is 46.2 Å². The van der Waals surface area contributed by atoms with E-state index in [1.807, 2.05) is 34.6 Å². The first kappa shape index (κ1) is 15.1. The quantitative estimate of drug-likeness (QED) is 0.462. The van der Waals surface area contributed by atoms with Crippen LogP contribution in [0.25, 0.3) is 0 Å². The molecule has 0 aromatic carbocycles. The highest BCUT2D eigenvalue weighted by atomic mass is 28.2. The molecule has 0 N–H and O–H groups in total. The molecule has 0 spiro atoms. The summed E-state index contributed by atoms with van der Waals surface area (Å²) in [5.74, 6) is -1.09. The van der Waals surface area contributed by atoms with Gasteiger partial charge in [0, 0.05) is 19.8 Å². The highest BCUT2D eigenvalue weighted by Gasteiger charge is 2.49. The highest BCUT2D eigenvalue weighted by Crippen LogP contribution is 2.31. The summed E-state index contributed by atoms with van der Waals surface area (Å²) in [6, 6.07) is 0. The minimum absolute atomic E-state index is 0.522. The van der Waals surface area contributed by atoms with E-state index in [0.717, 1.165) is 0 Å². The maximum Gasteiger partial charge on any atom is 0.312 e. The molecule has 0 rings (SSSR count). The summed E-state index contributed by atoms with van der Waals surface area (Å²) in [7, 11) is 0.610. The Balaban J connectivity index is 4.90. The van der Waals surface area contributed by atoms with Crippen LogP contribution in [0.4, 0.5) is 0 Å². The fraction of sp³-hybridized carbons (Fsp3) is 1.00. The number of ether oxygens (including phenoxy) is 3. The van der Waals surface area contributed by atoms with E-state index in [0.29, 0.717) is 30.3 Å². The Morgan fingerprint density at radius 2 is 1.20 bits per heavy atom. The van der Waals surface area contributed by atoms with Crippen molar-refractivity contribution < 1.29 is 18.6 Å². The van der Waals surface area contributed by atoms with Crippen LogP contribution in [0, 0.1) is 0 Å². The van der Waals surface area contributed by atoms with Crippen molar-refractivity contribution in [3.8, 4) is 0 Å². The molecule has 0 aliphatic carbocycles. The van der Waals surface area contributed by atoms with Crippen molar-refractivity contribution in [1.29, 1.82) is 0 Å². The molecule has 0 fully saturated rings. The average molecular weight is 236 g/mol. The molecule has 0 aromatic heterocycles. The second-order valence-electron chi connectivity index (χ2n) is 3.57. The second kappa shape index (κ2) is 6.60. The molecule has 0 saturated heterocycles. The monoisotopic (exact) mass is 236 g/mol. The largest absolute Gasteiger partial charge is 0.415 e. The fourth-order valence-corrected chi connectivity index (χ4v) is 1.59. The van der Waals surface area contributed by atoms with Gasteiger partial charge in [-0.3, -0.25) is 0 Å². The van der Waals surface area contributed by atoms with Crippen molar-refractivity contribution in [2.75, 3.05) is 19.8 Å². The highest BCUT2D eigenvalue weighted by molar-refractivity contribution is 5.98. The maximum absolute atomic E-state index is 5.62. The smallest absolute Gasteiger partial charge is 0.312 e. The van der Waals surface area contributed by atoms with E-state index in [1.54, 1.807) is 0 Å². The molecule has 0 aliphatic heterocycles. The molecule has 0 bridgehead atoms. The van der Waals surface area contributed by atoms with Gasteiger partial charge in [0.2, 0.25) is 0 Å². The lowest BCUT2D eigenvalue weighted by molar-refractivity contribution is -0.427. The molecule has 0 amide bonds. The molecular weight excluding hydrogens is 212 g/mol. The van der Waals surface area contributed by atoms with Crippen LogP contribution in [-0.4, -0.2) is 41.9 Å². The molecule has 5 heteroatoms. The van der Waals surface area contributed by atoms with Crippen LogP contribution in [0.5, 0.6) is 0 Å². The molecule has 4 nitrogen and oxygen atoms in total. The number of hydrogen-bond donors (Lipinski definition) is 0. The van der Waals surface area contributed by atoms with E-state index in [2.05, 4.69) is 0 Å². The van der Waals surface area contributed by atoms with Crippen LogP contribution >= 0.6 is 0 Å². The minimum Gasteiger partial charge on any atom is -0.415 e. The molecule has 0 aliphatic rings. The average Bonchev–Trinajstić information content (AvgIpc) is 2.18. The number of hydrogen-bond acceptors (Lipinski definition) is 4. The molecule has 0 atom stereocenters. The van der Waals surface area contributed by atoms with Gasteiger partial charge in [-0.15, -0.1) is 0 Å². The van der Waals surface area contributed by atoms with Crippen molar-refractivity contribution >= 4 is 10.5 Å². The van der Waals surface area contributed by atoms with E-state index in [4.69, 9.17) is 18.6 Å². The lowest BCUT2D eigenvalue weighted by Crippen LogP contribution is -2.57. The van der Waals surface area contributed by atoms with Crippen molar-refractivity contribution in [3.05, 3.63) is 0 Å². The molecule has 0 heterocycles. The lowest BCUT2D eigenvalue weighted by atomic mass is 10.1. The number of rotatable bonds is 8. The summed E-state index contributed by atoms with van der Waals surface area (Å²) in [5, 5.41) is 0. The van der Waals surface area contributed by atoms with Gasteiger partial charge in [0.05, 0.1) is 0 Å². The van der Waals surface area contributed by atoms with Gasteiger partial charge in [-0.2, -0.15) is 0 Å². The molecule has 92 valence electrons. The van der Waals surface area contributed by atoms with Gasteiger partial charge in [0.1, 0.15) is 16.1 Å². The van der Waals surface area contributed by atoms with E-state index in [1.165, 1.54) is 0 Å². The Morgan fingerprint density at radius 3 is 1.40 bits per heavy atom. The van der Waals surface area contributed by atoms with Gasteiger partial charge < -0.3 is 18.6 Å². The van der Waals surface area contributed by atoms with E-state index < -0.39 is 11.6 Å². The van der Waals surface area contributed by atoms with Gasteiger partial charge in [0.25, 0.3) is 0 Å². The summed E-state index contributed by atoms with van der Waals surface area (Å²) < 4.78 is 22.4. The third-order valence-electron chi connectivity index (χ3n) is 2.25. The second-order valence-corrected chi connectivity index (χ2v) is 3.98. The van der Waals surface area contributed by atoms with Crippen LogP contribution < -0.4 is 0 Å². The zero-order valence-corrected chi connectivity index (χ0v) is 12.8. The predicted octanol–water partition coefficient (Wildman–Crippen LogP) is 0.825. The summed E-state index contributed by atoms with van der Waals surface area (Å²) >= 11 is 0. The molecule has 0 saturated carbocycles. The van der Waals surface area contributed by atoms with Gasteiger partial charge in [-0.25, -0.2) is 0 Å². The van der Waals surface area contributed by atoms with Gasteiger partial charge in [0.15, 0.2) is 0 Å². The van der Waals surface area contributed by atoms with E-state index in [-0.39, 0.29) is 0 Å². The molecule has 15 heavy (non-hydrogen) atoms. The zero-order valence-electron chi connectivity index (χ0n) is 10.8. The summed E-state index contributed by atoms with van der Waals surface area (Å²) in [4.78, 5) is 0. The SMILES string of the molecule is CCOC(OCC)(OCC)C(C)(C)O[SiH3]. The van der Waals surface area contributed by atoms with Gasteiger partial charge >= 0.3 is 5.97 Å². The van der Waals surface area contributed by atoms with Crippen LogP contribution in [0.15, 0.2) is 0 Å². The van der Waals surface area contributed by atoms with E-state index in [9.17, 15) is 0 Å². The minimum atomic E-state index is -1.09. The molecule has 0 aromatic rings. The third-order valence-corrected chi connectivity index (χ3v) is 3.27. The van der Waals surface area contributed by atoms with Crippen molar-refractivity contribution in [3.63, 3.8) is 0 Å². The maximum atomic E-state index is 5.62. The Hall–Kier alpha value is 0.0569. The lowest BCUT2D eigenvalue weighted by Gasteiger charge is -2.43. The summed E-state index contributed by atoms with van der Waals surface area (Å²) in [6.07, 6.45) is 0. The zero-order chi connectivity index (χ0) is 11.9. The molecule has 0 unspecified atom stereocenters. The van der Waals surface area contributed by atoms with Crippen molar-refractivity contribution in [1.82, 2.24) is 0 Å².